The van der Waals surface area contributed by atoms with Gasteiger partial charge < -0.3 is 19.0 Å². The van der Waals surface area contributed by atoms with Crippen molar-refractivity contribution in [3.05, 3.63) is 47.2 Å². The van der Waals surface area contributed by atoms with E-state index >= 15 is 0 Å². The summed E-state index contributed by atoms with van der Waals surface area (Å²) in [5, 5.41) is 10.4. The summed E-state index contributed by atoms with van der Waals surface area (Å²) in [6.07, 6.45) is 4.40. The minimum atomic E-state index is -0.675. The predicted octanol–water partition coefficient (Wildman–Crippen LogP) is 3.02. The average molecular weight is 377 g/mol. The topological polar surface area (TPSA) is 112 Å². The second-order valence-electron chi connectivity index (χ2n) is 5.09. The molecule has 1 aliphatic rings. The van der Waals surface area contributed by atoms with Gasteiger partial charge in [0.25, 0.3) is 5.76 Å². The van der Waals surface area contributed by atoms with Gasteiger partial charge in [0.15, 0.2) is 17.9 Å². The molecule has 0 saturated heterocycles. The number of aromatic hydroxyl groups is 1. The van der Waals surface area contributed by atoms with Crippen LogP contribution < -0.4 is 4.74 Å². The highest BCUT2D eigenvalue weighted by molar-refractivity contribution is 6.29. The van der Waals surface area contributed by atoms with Crippen LogP contribution in [0, 0.1) is 0 Å². The van der Waals surface area contributed by atoms with Crippen LogP contribution in [0.3, 0.4) is 0 Å². The Labute approximate surface area is 152 Å². The number of carbonyl (C=O) groups is 2. The van der Waals surface area contributed by atoms with Gasteiger partial charge in [-0.3, -0.25) is 9.78 Å². The Hall–Kier alpha value is -3.13. The monoisotopic (exact) mass is 376 g/mol. The van der Waals surface area contributed by atoms with E-state index in [1.807, 2.05) is 0 Å². The number of nitrogens with zero attached hydrogens (tertiary/aromatic N) is 2. The van der Waals surface area contributed by atoms with E-state index in [0.717, 1.165) is 0 Å². The van der Waals surface area contributed by atoms with Gasteiger partial charge in [-0.1, -0.05) is 11.6 Å². The zero-order valence-electron chi connectivity index (χ0n) is 13.6. The number of halogens is 1. The smallest absolute Gasteiger partial charge is 0.378 e. The highest BCUT2D eigenvalue weighted by atomic mass is 35.5. The van der Waals surface area contributed by atoms with E-state index in [9.17, 15) is 14.7 Å². The number of hydrogen-bond acceptors (Lipinski definition) is 8. The van der Waals surface area contributed by atoms with Crippen LogP contribution in [0.4, 0.5) is 0 Å². The zero-order chi connectivity index (χ0) is 18.7. The van der Waals surface area contributed by atoms with Crippen molar-refractivity contribution in [3.8, 4) is 11.5 Å². The third-order valence-corrected chi connectivity index (χ3v) is 3.63. The minimum Gasteiger partial charge on any atom is -0.504 e. The Kier molecular flexibility index (Phi) is 5.04. The molecular weight excluding hydrogens is 364 g/mol. The lowest BCUT2D eigenvalue weighted by Gasteiger charge is -1.97. The highest BCUT2D eigenvalue weighted by Gasteiger charge is 2.22. The largest absolute Gasteiger partial charge is 0.504 e. The first-order valence-corrected chi connectivity index (χ1v) is 7.93. The summed E-state index contributed by atoms with van der Waals surface area (Å²) in [5.41, 5.74) is 0.892. The molecule has 1 N–H and O–H groups in total. The molecule has 0 radical (unpaired) electrons. The second-order valence-corrected chi connectivity index (χ2v) is 5.47. The lowest BCUT2D eigenvalue weighted by Crippen LogP contribution is -2.02. The summed E-state index contributed by atoms with van der Waals surface area (Å²) in [4.78, 5) is 29.9. The second kappa shape index (κ2) is 7.40. The number of carbonyl (C=O) groups excluding carboxylic acids is 2. The molecule has 0 atom stereocenters. The van der Waals surface area contributed by atoms with E-state index in [0.29, 0.717) is 27.4 Å². The molecule has 0 unspecified atom stereocenters. The van der Waals surface area contributed by atoms with Gasteiger partial charge in [0.05, 0.1) is 30.0 Å². The van der Waals surface area contributed by atoms with E-state index in [2.05, 4.69) is 9.97 Å². The number of furan rings is 1. The molecule has 0 saturated carbocycles. The molecule has 1 aliphatic heterocycles. The fourth-order valence-corrected chi connectivity index (χ4v) is 2.40. The molecular formula is C17H13ClN2O6. The van der Waals surface area contributed by atoms with Crippen molar-refractivity contribution in [3.63, 3.8) is 0 Å². The normalized spacial score (nSPS) is 12.2. The van der Waals surface area contributed by atoms with E-state index < -0.39 is 5.97 Å². The average Bonchev–Trinajstić information content (AvgIpc) is 3.17. The Balaban J connectivity index is 0.000000158. The number of fused-ring (bicyclic) bond motifs is 2. The van der Waals surface area contributed by atoms with Crippen LogP contribution in [0.15, 0.2) is 35.1 Å². The van der Waals surface area contributed by atoms with Gasteiger partial charge in [-0.05, 0) is 19.1 Å². The molecule has 0 spiro atoms. The molecule has 0 aromatic carbocycles. The fourth-order valence-electron chi connectivity index (χ4n) is 2.24. The zero-order valence-corrected chi connectivity index (χ0v) is 14.3. The van der Waals surface area contributed by atoms with Crippen molar-refractivity contribution < 1.29 is 28.6 Å². The SMILES string of the molecule is CCOC(=O)c1oc2cnccc2c1O.O=C1COc2cnc(Cl)cc21. The quantitative estimate of drug-likeness (QED) is 0.536. The summed E-state index contributed by atoms with van der Waals surface area (Å²) in [6.45, 7) is 2.02. The number of esters is 1. The third-order valence-electron chi connectivity index (χ3n) is 3.42. The first kappa shape index (κ1) is 17.7. The van der Waals surface area contributed by atoms with Crippen molar-refractivity contribution in [2.75, 3.05) is 13.2 Å². The number of ketones is 1. The van der Waals surface area contributed by atoms with Gasteiger partial charge in [-0.2, -0.15) is 0 Å². The predicted molar refractivity (Wildman–Crippen MR) is 90.7 cm³/mol. The summed E-state index contributed by atoms with van der Waals surface area (Å²) in [5.74, 6) is -0.569. The number of pyridine rings is 2. The van der Waals surface area contributed by atoms with Gasteiger partial charge in [0.1, 0.15) is 10.9 Å². The molecule has 0 amide bonds. The summed E-state index contributed by atoms with van der Waals surface area (Å²) in [6, 6.07) is 3.09. The maximum Gasteiger partial charge on any atom is 0.378 e. The maximum atomic E-state index is 11.3. The van der Waals surface area contributed by atoms with Gasteiger partial charge >= 0.3 is 5.97 Å². The Morgan fingerprint density at radius 2 is 2.23 bits per heavy atom. The van der Waals surface area contributed by atoms with Gasteiger partial charge in [-0.15, -0.1) is 0 Å². The van der Waals surface area contributed by atoms with Crippen LogP contribution in [0.1, 0.15) is 27.8 Å². The number of rotatable bonds is 2. The van der Waals surface area contributed by atoms with Crippen LogP contribution >= 0.6 is 11.6 Å². The third kappa shape index (κ3) is 3.45. The van der Waals surface area contributed by atoms with Crippen LogP contribution in [0.5, 0.6) is 11.5 Å². The first-order valence-electron chi connectivity index (χ1n) is 7.55. The minimum absolute atomic E-state index is 0.0377. The first-order chi connectivity index (χ1) is 12.5. The molecule has 0 bridgehead atoms. The summed E-state index contributed by atoms with van der Waals surface area (Å²) >= 11 is 5.57. The van der Waals surface area contributed by atoms with Gasteiger partial charge in [0.2, 0.25) is 5.78 Å². The summed E-state index contributed by atoms with van der Waals surface area (Å²) < 4.78 is 14.8. The standard InChI is InChI=1S/C10H9NO4.C7H4ClNO2/c1-2-14-10(13)9-8(12)6-3-4-11-5-7(6)15-9;8-7-1-4-5(10)3-11-6(4)2-9-7/h3-5,12H,2H2,1H3;1-2H,3H2. The molecule has 0 aliphatic carbocycles. The molecule has 4 heterocycles. The molecule has 134 valence electrons. The van der Waals surface area contributed by atoms with Crippen molar-refractivity contribution >= 4 is 34.3 Å². The van der Waals surface area contributed by atoms with E-state index in [4.69, 9.17) is 25.5 Å². The molecule has 4 rings (SSSR count). The van der Waals surface area contributed by atoms with Crippen LogP contribution in [0.2, 0.25) is 5.15 Å². The molecule has 3 aromatic heterocycles. The van der Waals surface area contributed by atoms with Crippen LogP contribution in [-0.2, 0) is 4.74 Å². The highest BCUT2D eigenvalue weighted by Crippen LogP contribution is 2.31. The molecule has 3 aromatic rings. The molecule has 26 heavy (non-hydrogen) atoms. The Morgan fingerprint density at radius 3 is 2.96 bits per heavy atom. The summed E-state index contributed by atoms with van der Waals surface area (Å²) in [7, 11) is 0. The number of aromatic nitrogens is 2. The lowest BCUT2D eigenvalue weighted by molar-refractivity contribution is 0.0488. The molecule has 0 fully saturated rings. The van der Waals surface area contributed by atoms with Gasteiger partial charge in [0, 0.05) is 6.20 Å². The van der Waals surface area contributed by atoms with E-state index in [1.54, 1.807) is 13.0 Å². The number of Topliss-reactive ketones (excluding diaryl/α,β-unsaturated/α-hetero) is 1. The maximum absolute atomic E-state index is 11.3. The van der Waals surface area contributed by atoms with E-state index in [1.165, 1.54) is 24.7 Å². The Bertz CT molecular complexity index is 985. The van der Waals surface area contributed by atoms with Gasteiger partial charge in [-0.25, -0.2) is 9.78 Å². The van der Waals surface area contributed by atoms with Crippen molar-refractivity contribution in [1.82, 2.24) is 9.97 Å². The molecule has 8 nitrogen and oxygen atoms in total. The lowest BCUT2D eigenvalue weighted by atomic mass is 10.2. The Morgan fingerprint density at radius 1 is 1.42 bits per heavy atom. The molecule has 9 heteroatoms. The van der Waals surface area contributed by atoms with Crippen LogP contribution in [-0.4, -0.2) is 40.0 Å². The number of ether oxygens (including phenoxy) is 2. The van der Waals surface area contributed by atoms with Crippen molar-refractivity contribution in [2.24, 2.45) is 0 Å². The van der Waals surface area contributed by atoms with E-state index in [-0.39, 0.29) is 30.5 Å². The van der Waals surface area contributed by atoms with Crippen molar-refractivity contribution in [1.29, 1.82) is 0 Å². The van der Waals surface area contributed by atoms with Crippen molar-refractivity contribution in [2.45, 2.75) is 6.92 Å². The fraction of sp³-hybridized carbons (Fsp3) is 0.176. The number of hydrogen-bond donors (Lipinski definition) is 1. The van der Waals surface area contributed by atoms with Crippen LogP contribution in [0.25, 0.3) is 11.0 Å².